The van der Waals surface area contributed by atoms with E-state index < -0.39 is 10.0 Å². The predicted octanol–water partition coefficient (Wildman–Crippen LogP) is 2.51. The van der Waals surface area contributed by atoms with Crippen LogP contribution in [0.2, 0.25) is 0 Å². The summed E-state index contributed by atoms with van der Waals surface area (Å²) in [6.45, 7) is 1.69. The lowest BCUT2D eigenvalue weighted by molar-refractivity contribution is -0.118. The van der Waals surface area contributed by atoms with Gasteiger partial charge in [-0.05, 0) is 54.1 Å². The first-order valence-electron chi connectivity index (χ1n) is 11.1. The Morgan fingerprint density at radius 1 is 0.972 bits per heavy atom. The Bertz CT molecular complexity index is 1520. The highest BCUT2D eigenvalue weighted by Crippen LogP contribution is 2.22. The number of sulfonamides is 1. The van der Waals surface area contributed by atoms with Crippen molar-refractivity contribution in [3.8, 4) is 5.69 Å². The highest BCUT2D eigenvalue weighted by Gasteiger charge is 2.16. The number of hydrogen-bond donors (Lipinski definition) is 3. The third-order valence-corrected chi connectivity index (χ3v) is 6.84. The average molecular weight is 510 g/mol. The fraction of sp³-hybridized carbons (Fsp3) is 0.160. The fourth-order valence-electron chi connectivity index (χ4n) is 3.64. The smallest absolute Gasteiger partial charge is 0.252 e. The number of carbonyl (C=O) groups is 2. The van der Waals surface area contributed by atoms with Gasteiger partial charge in [0, 0.05) is 31.9 Å². The van der Waals surface area contributed by atoms with Crippen LogP contribution >= 0.6 is 0 Å². The third kappa shape index (κ3) is 5.75. The zero-order valence-corrected chi connectivity index (χ0v) is 20.2. The number of rotatable bonds is 9. The summed E-state index contributed by atoms with van der Waals surface area (Å²) in [6, 6.07) is 17.3. The summed E-state index contributed by atoms with van der Waals surface area (Å²) in [5, 5.41) is 10.3. The van der Waals surface area contributed by atoms with Crippen LogP contribution in [0, 0.1) is 5.82 Å². The lowest BCUT2D eigenvalue weighted by Gasteiger charge is -2.10. The molecule has 9 nitrogen and oxygen atoms in total. The number of carbonyl (C=O) groups excluding carboxylic acids is 2. The molecule has 36 heavy (non-hydrogen) atoms. The monoisotopic (exact) mass is 509 g/mol. The van der Waals surface area contributed by atoms with E-state index in [1.165, 1.54) is 31.2 Å². The van der Waals surface area contributed by atoms with Crippen LogP contribution in [-0.4, -0.2) is 43.1 Å². The van der Waals surface area contributed by atoms with Crippen LogP contribution in [0.5, 0.6) is 0 Å². The summed E-state index contributed by atoms with van der Waals surface area (Å²) in [7, 11) is -3.78. The molecule has 0 fully saturated rings. The van der Waals surface area contributed by atoms with Crippen molar-refractivity contribution in [1.82, 2.24) is 25.1 Å². The summed E-state index contributed by atoms with van der Waals surface area (Å²) in [4.78, 5) is 23.9. The van der Waals surface area contributed by atoms with E-state index in [1.807, 2.05) is 6.07 Å². The van der Waals surface area contributed by atoms with Crippen molar-refractivity contribution in [2.75, 3.05) is 13.1 Å². The fourth-order valence-corrected chi connectivity index (χ4v) is 4.75. The first-order chi connectivity index (χ1) is 17.2. The number of aromatic nitrogens is 2. The number of amides is 2. The SMILES string of the molecule is CC(=O)NCCNS(=O)(=O)c1cccc(CNC(=O)c2cccc3c2cnn3-c2ccc(F)cc2)c1. The highest BCUT2D eigenvalue weighted by atomic mass is 32.2. The van der Waals surface area contributed by atoms with Gasteiger partial charge in [-0.3, -0.25) is 9.59 Å². The van der Waals surface area contributed by atoms with Crippen LogP contribution in [0.4, 0.5) is 4.39 Å². The molecule has 4 rings (SSSR count). The van der Waals surface area contributed by atoms with E-state index in [4.69, 9.17) is 0 Å². The zero-order chi connectivity index (χ0) is 25.7. The molecule has 2 amide bonds. The van der Waals surface area contributed by atoms with E-state index in [0.717, 1.165) is 0 Å². The van der Waals surface area contributed by atoms with Crippen molar-refractivity contribution < 1.29 is 22.4 Å². The van der Waals surface area contributed by atoms with Crippen molar-refractivity contribution in [2.24, 2.45) is 0 Å². The quantitative estimate of drug-likeness (QED) is 0.299. The van der Waals surface area contributed by atoms with Gasteiger partial charge in [0.1, 0.15) is 5.82 Å². The molecule has 0 saturated carbocycles. The van der Waals surface area contributed by atoms with E-state index in [0.29, 0.717) is 27.7 Å². The highest BCUT2D eigenvalue weighted by molar-refractivity contribution is 7.89. The Morgan fingerprint density at radius 2 is 1.72 bits per heavy atom. The van der Waals surface area contributed by atoms with Gasteiger partial charge >= 0.3 is 0 Å². The van der Waals surface area contributed by atoms with E-state index >= 15 is 0 Å². The number of hydrogen-bond acceptors (Lipinski definition) is 5. The first kappa shape index (κ1) is 25.0. The molecular weight excluding hydrogens is 485 g/mol. The second-order valence-corrected chi connectivity index (χ2v) is 9.75. The minimum atomic E-state index is -3.78. The minimum Gasteiger partial charge on any atom is -0.355 e. The van der Waals surface area contributed by atoms with Gasteiger partial charge in [0.05, 0.1) is 27.9 Å². The molecule has 3 N–H and O–H groups in total. The number of benzene rings is 3. The predicted molar refractivity (Wildman–Crippen MR) is 133 cm³/mol. The van der Waals surface area contributed by atoms with E-state index in [-0.39, 0.29) is 42.2 Å². The van der Waals surface area contributed by atoms with Crippen molar-refractivity contribution in [3.63, 3.8) is 0 Å². The van der Waals surface area contributed by atoms with Gasteiger partial charge in [-0.2, -0.15) is 5.10 Å². The second kappa shape index (κ2) is 10.7. The molecule has 11 heteroatoms. The molecule has 186 valence electrons. The maximum absolute atomic E-state index is 13.3. The average Bonchev–Trinajstić information content (AvgIpc) is 3.30. The first-order valence-corrected chi connectivity index (χ1v) is 12.6. The van der Waals surface area contributed by atoms with Gasteiger partial charge < -0.3 is 10.6 Å². The van der Waals surface area contributed by atoms with Crippen LogP contribution in [0.25, 0.3) is 16.6 Å². The molecule has 0 aliphatic rings. The molecule has 0 aliphatic heterocycles. The number of halogens is 1. The molecule has 0 bridgehead atoms. The lowest BCUT2D eigenvalue weighted by atomic mass is 10.1. The maximum atomic E-state index is 13.3. The molecule has 3 aromatic carbocycles. The largest absolute Gasteiger partial charge is 0.355 e. The number of nitrogens with one attached hydrogen (secondary N) is 3. The normalized spacial score (nSPS) is 11.4. The molecule has 0 aliphatic carbocycles. The number of fused-ring (bicyclic) bond motifs is 1. The molecular formula is C25H24FN5O4S. The van der Waals surface area contributed by atoms with Crippen molar-refractivity contribution in [2.45, 2.75) is 18.4 Å². The van der Waals surface area contributed by atoms with Crippen LogP contribution in [0.1, 0.15) is 22.8 Å². The lowest BCUT2D eigenvalue weighted by Crippen LogP contribution is -2.33. The van der Waals surface area contributed by atoms with Gasteiger partial charge in [-0.1, -0.05) is 18.2 Å². The molecule has 1 heterocycles. The summed E-state index contributed by atoms with van der Waals surface area (Å²) in [5.41, 5.74) is 2.35. The number of nitrogens with zero attached hydrogens (tertiary/aromatic N) is 2. The van der Waals surface area contributed by atoms with Gasteiger partial charge in [-0.25, -0.2) is 22.2 Å². The molecule has 0 spiro atoms. The summed E-state index contributed by atoms with van der Waals surface area (Å²) in [5.74, 6) is -0.945. The van der Waals surface area contributed by atoms with Gasteiger partial charge in [0.15, 0.2) is 0 Å². The Labute approximate surface area is 207 Å². The topological polar surface area (TPSA) is 122 Å². The Morgan fingerprint density at radius 3 is 2.47 bits per heavy atom. The molecule has 1 aromatic heterocycles. The standard InChI is InChI=1S/C25H24FN5O4S/c1-17(32)27-12-13-30-36(34,35)21-5-2-4-18(14-21)15-28-25(33)22-6-3-7-24-23(22)16-29-31(24)20-10-8-19(26)9-11-20/h2-11,14,16,30H,12-13,15H2,1H3,(H,27,32)(H,28,33). The van der Waals surface area contributed by atoms with Crippen molar-refractivity contribution in [3.05, 3.63) is 89.9 Å². The van der Waals surface area contributed by atoms with Gasteiger partial charge in [-0.15, -0.1) is 0 Å². The Kier molecular flexibility index (Phi) is 7.41. The molecule has 4 aromatic rings. The van der Waals surface area contributed by atoms with Gasteiger partial charge in [0.25, 0.3) is 5.91 Å². The van der Waals surface area contributed by atoms with Gasteiger partial charge in [0.2, 0.25) is 15.9 Å². The van der Waals surface area contributed by atoms with Crippen LogP contribution < -0.4 is 15.4 Å². The summed E-state index contributed by atoms with van der Waals surface area (Å²) < 4.78 is 42.4. The van der Waals surface area contributed by atoms with E-state index in [2.05, 4.69) is 20.5 Å². The summed E-state index contributed by atoms with van der Waals surface area (Å²) in [6.07, 6.45) is 1.58. The third-order valence-electron chi connectivity index (χ3n) is 5.38. The second-order valence-electron chi connectivity index (χ2n) is 7.98. The van der Waals surface area contributed by atoms with E-state index in [9.17, 15) is 22.4 Å². The molecule has 0 atom stereocenters. The van der Waals surface area contributed by atoms with Crippen molar-refractivity contribution in [1.29, 1.82) is 0 Å². The van der Waals surface area contributed by atoms with E-state index in [1.54, 1.807) is 47.3 Å². The Hall–Kier alpha value is -4.09. The summed E-state index contributed by atoms with van der Waals surface area (Å²) >= 11 is 0. The van der Waals surface area contributed by atoms with Crippen molar-refractivity contribution >= 4 is 32.7 Å². The molecule has 0 unspecified atom stereocenters. The maximum Gasteiger partial charge on any atom is 0.252 e. The van der Waals surface area contributed by atoms with Crippen LogP contribution in [-0.2, 0) is 21.4 Å². The molecule has 0 radical (unpaired) electrons. The Balaban J connectivity index is 1.46. The molecule has 0 saturated heterocycles. The minimum absolute atomic E-state index is 0.0541. The van der Waals surface area contributed by atoms with Crippen LogP contribution in [0.3, 0.4) is 0 Å². The zero-order valence-electron chi connectivity index (χ0n) is 19.4. The van der Waals surface area contributed by atoms with Crippen LogP contribution in [0.15, 0.2) is 77.8 Å².